The Morgan fingerprint density at radius 1 is 1.10 bits per heavy atom. The highest BCUT2D eigenvalue weighted by atomic mass is 35.5. The van der Waals surface area contributed by atoms with Crippen LogP contribution in [0, 0.1) is 23.2 Å². The first-order chi connectivity index (χ1) is 9.64. The first-order valence-corrected chi connectivity index (χ1v) is 8.69. The SMILES string of the molecule is CC1NCCCC1NC(=O)C12CC3CC(CC(C3)C1)C2.Cl. The summed E-state index contributed by atoms with van der Waals surface area (Å²) in [6.07, 6.45) is 10.1. The second-order valence-electron chi connectivity index (χ2n) is 8.16. The van der Waals surface area contributed by atoms with Crippen molar-refractivity contribution in [2.24, 2.45) is 23.2 Å². The summed E-state index contributed by atoms with van der Waals surface area (Å²) in [5.41, 5.74) is 0.0198. The van der Waals surface area contributed by atoms with Gasteiger partial charge in [0.15, 0.2) is 0 Å². The van der Waals surface area contributed by atoms with E-state index in [-0.39, 0.29) is 17.8 Å². The number of amides is 1. The number of rotatable bonds is 2. The summed E-state index contributed by atoms with van der Waals surface area (Å²) in [4.78, 5) is 13.0. The molecule has 1 amide bonds. The molecular weight excluding hydrogens is 284 g/mol. The highest BCUT2D eigenvalue weighted by molar-refractivity contribution is 5.85. The summed E-state index contributed by atoms with van der Waals surface area (Å²) < 4.78 is 0. The molecule has 2 atom stereocenters. The minimum atomic E-state index is 0. The van der Waals surface area contributed by atoms with Crippen molar-refractivity contribution in [2.75, 3.05) is 6.54 Å². The Kier molecular flexibility index (Phi) is 4.26. The lowest BCUT2D eigenvalue weighted by molar-refractivity contribution is -0.147. The Hall–Kier alpha value is -0.280. The van der Waals surface area contributed by atoms with E-state index in [9.17, 15) is 4.79 Å². The number of hydrogen-bond acceptors (Lipinski definition) is 2. The van der Waals surface area contributed by atoms with E-state index in [1.54, 1.807) is 0 Å². The Balaban J connectivity index is 0.00000132. The van der Waals surface area contributed by atoms with Crippen molar-refractivity contribution in [1.29, 1.82) is 0 Å². The van der Waals surface area contributed by atoms with Gasteiger partial charge in [-0.2, -0.15) is 0 Å². The fraction of sp³-hybridized carbons (Fsp3) is 0.941. The molecule has 5 fully saturated rings. The molecule has 1 saturated heterocycles. The zero-order valence-electron chi connectivity index (χ0n) is 13.1. The summed E-state index contributed by atoms with van der Waals surface area (Å²) in [7, 11) is 0. The van der Waals surface area contributed by atoms with Crippen LogP contribution in [0.1, 0.15) is 58.3 Å². The molecule has 0 aromatic carbocycles. The van der Waals surface area contributed by atoms with Gasteiger partial charge >= 0.3 is 0 Å². The number of carbonyl (C=O) groups is 1. The van der Waals surface area contributed by atoms with Crippen molar-refractivity contribution in [1.82, 2.24) is 10.6 Å². The van der Waals surface area contributed by atoms with Crippen molar-refractivity contribution < 1.29 is 4.79 Å². The van der Waals surface area contributed by atoms with Crippen molar-refractivity contribution in [3.8, 4) is 0 Å². The van der Waals surface area contributed by atoms with Gasteiger partial charge in [0, 0.05) is 17.5 Å². The van der Waals surface area contributed by atoms with Crippen LogP contribution in [0.4, 0.5) is 0 Å². The Morgan fingerprint density at radius 3 is 2.19 bits per heavy atom. The van der Waals surface area contributed by atoms with Crippen molar-refractivity contribution in [2.45, 2.75) is 70.4 Å². The molecule has 4 aliphatic carbocycles. The fourth-order valence-corrected chi connectivity index (χ4v) is 5.95. The maximum atomic E-state index is 13.0. The monoisotopic (exact) mass is 312 g/mol. The van der Waals surface area contributed by atoms with Crippen LogP contribution in [0.15, 0.2) is 0 Å². The van der Waals surface area contributed by atoms with Crippen LogP contribution < -0.4 is 10.6 Å². The molecule has 3 nitrogen and oxygen atoms in total. The van der Waals surface area contributed by atoms with Gasteiger partial charge in [0.25, 0.3) is 0 Å². The molecule has 5 aliphatic rings. The molecule has 0 radical (unpaired) electrons. The van der Waals surface area contributed by atoms with Crippen molar-refractivity contribution in [3.05, 3.63) is 0 Å². The molecule has 0 spiro atoms. The zero-order valence-corrected chi connectivity index (χ0v) is 13.9. The van der Waals surface area contributed by atoms with E-state index in [2.05, 4.69) is 17.6 Å². The molecule has 1 heterocycles. The summed E-state index contributed by atoms with van der Waals surface area (Å²) in [5, 5.41) is 6.92. The number of hydrogen-bond donors (Lipinski definition) is 2. The van der Waals surface area contributed by atoms with E-state index >= 15 is 0 Å². The minimum Gasteiger partial charge on any atom is -0.351 e. The minimum absolute atomic E-state index is 0. The number of nitrogens with one attached hydrogen (secondary N) is 2. The van der Waals surface area contributed by atoms with Crippen molar-refractivity contribution in [3.63, 3.8) is 0 Å². The summed E-state index contributed by atoms with van der Waals surface area (Å²) in [5.74, 6) is 2.97. The third-order valence-corrected chi connectivity index (χ3v) is 6.60. The lowest BCUT2D eigenvalue weighted by atomic mass is 9.49. The lowest BCUT2D eigenvalue weighted by Gasteiger charge is -2.56. The molecule has 2 N–H and O–H groups in total. The summed E-state index contributed by atoms with van der Waals surface area (Å²) >= 11 is 0. The number of halogens is 1. The standard InChI is InChI=1S/C17H28N2O.ClH/c1-11-15(3-2-4-18-11)19-16(20)17-8-12-5-13(9-17)7-14(6-12)10-17;/h11-15,18H,2-10H2,1H3,(H,19,20);1H. The smallest absolute Gasteiger partial charge is 0.226 e. The van der Waals surface area contributed by atoms with Crippen LogP contribution in [0.2, 0.25) is 0 Å². The van der Waals surface area contributed by atoms with Crippen LogP contribution in [0.3, 0.4) is 0 Å². The third kappa shape index (κ3) is 2.72. The van der Waals surface area contributed by atoms with E-state index in [1.807, 2.05) is 0 Å². The van der Waals surface area contributed by atoms with E-state index in [0.29, 0.717) is 18.0 Å². The van der Waals surface area contributed by atoms with Crippen LogP contribution in [-0.2, 0) is 4.79 Å². The molecule has 0 aromatic heterocycles. The van der Waals surface area contributed by atoms with Crippen LogP contribution in [0.25, 0.3) is 0 Å². The van der Waals surface area contributed by atoms with E-state index in [0.717, 1.165) is 30.7 Å². The predicted octanol–water partition coefficient (Wildman–Crippen LogP) is 2.88. The van der Waals surface area contributed by atoms with Gasteiger partial charge in [0.05, 0.1) is 0 Å². The highest BCUT2D eigenvalue weighted by Crippen LogP contribution is 2.60. The second kappa shape index (κ2) is 5.73. The second-order valence-corrected chi connectivity index (χ2v) is 8.16. The Labute approximate surface area is 134 Å². The zero-order chi connectivity index (χ0) is 13.7. The molecule has 4 heteroatoms. The molecule has 21 heavy (non-hydrogen) atoms. The third-order valence-electron chi connectivity index (χ3n) is 6.60. The van der Waals surface area contributed by atoms with Gasteiger partial charge in [-0.05, 0) is 82.6 Å². The van der Waals surface area contributed by atoms with E-state index in [4.69, 9.17) is 0 Å². The van der Waals surface area contributed by atoms with Gasteiger partial charge in [-0.15, -0.1) is 12.4 Å². The molecular formula is C17H29ClN2O. The molecule has 2 unspecified atom stereocenters. The Morgan fingerprint density at radius 2 is 1.67 bits per heavy atom. The van der Waals surface area contributed by atoms with Gasteiger partial charge in [-0.25, -0.2) is 0 Å². The molecule has 0 aromatic rings. The maximum absolute atomic E-state index is 13.0. The number of piperidine rings is 1. The fourth-order valence-electron chi connectivity index (χ4n) is 5.95. The summed E-state index contributed by atoms with van der Waals surface area (Å²) in [6.45, 7) is 3.31. The number of carbonyl (C=O) groups excluding carboxylic acids is 1. The van der Waals surface area contributed by atoms with Gasteiger partial charge in [-0.3, -0.25) is 4.79 Å². The highest BCUT2D eigenvalue weighted by Gasteiger charge is 2.54. The van der Waals surface area contributed by atoms with Gasteiger partial charge in [0.2, 0.25) is 5.91 Å². The first-order valence-electron chi connectivity index (χ1n) is 8.69. The normalized spacial score (nSPS) is 47.8. The Bertz CT molecular complexity index is 376. The lowest BCUT2D eigenvalue weighted by Crippen LogP contribution is -2.59. The van der Waals surface area contributed by atoms with Crippen LogP contribution in [-0.4, -0.2) is 24.5 Å². The average molecular weight is 313 g/mol. The summed E-state index contributed by atoms with van der Waals surface area (Å²) in [6, 6.07) is 0.783. The average Bonchev–Trinajstić information content (AvgIpc) is 2.40. The maximum Gasteiger partial charge on any atom is 0.226 e. The van der Waals surface area contributed by atoms with Crippen molar-refractivity contribution >= 4 is 18.3 Å². The van der Waals surface area contributed by atoms with Gasteiger partial charge < -0.3 is 10.6 Å². The largest absolute Gasteiger partial charge is 0.351 e. The van der Waals surface area contributed by atoms with Gasteiger partial charge in [0.1, 0.15) is 0 Å². The molecule has 120 valence electrons. The van der Waals surface area contributed by atoms with Crippen LogP contribution >= 0.6 is 12.4 Å². The molecule has 4 saturated carbocycles. The topological polar surface area (TPSA) is 41.1 Å². The molecule has 5 rings (SSSR count). The van der Waals surface area contributed by atoms with Gasteiger partial charge in [-0.1, -0.05) is 0 Å². The predicted molar refractivity (Wildman–Crippen MR) is 86.5 cm³/mol. The van der Waals surface area contributed by atoms with Crippen LogP contribution in [0.5, 0.6) is 0 Å². The molecule has 1 aliphatic heterocycles. The quantitative estimate of drug-likeness (QED) is 0.823. The van der Waals surface area contributed by atoms with E-state index in [1.165, 1.54) is 44.9 Å². The first kappa shape index (κ1) is 15.6. The molecule has 4 bridgehead atoms. The van der Waals surface area contributed by atoms with E-state index < -0.39 is 0 Å².